The molecule has 0 radical (unpaired) electrons. The minimum atomic E-state index is -1.05. The van der Waals surface area contributed by atoms with Gasteiger partial charge in [0.2, 0.25) is 0 Å². The molecule has 6 nitrogen and oxygen atoms in total. The summed E-state index contributed by atoms with van der Waals surface area (Å²) in [6, 6.07) is 1.58. The molecule has 0 saturated heterocycles. The van der Waals surface area contributed by atoms with Crippen molar-refractivity contribution in [3.05, 3.63) is 33.8 Å². The van der Waals surface area contributed by atoms with Gasteiger partial charge in [0.15, 0.2) is 0 Å². The Balaban J connectivity index is 2.25. The van der Waals surface area contributed by atoms with E-state index in [4.69, 9.17) is 5.11 Å². The van der Waals surface area contributed by atoms with Crippen LogP contribution in [0.2, 0.25) is 0 Å². The van der Waals surface area contributed by atoms with Crippen molar-refractivity contribution in [3.63, 3.8) is 0 Å². The number of hydrogen-bond acceptors (Lipinski definition) is 4. The van der Waals surface area contributed by atoms with Crippen LogP contribution >= 0.6 is 11.3 Å². The van der Waals surface area contributed by atoms with Crippen LogP contribution in [0, 0.1) is 0 Å². The number of nitrogens with zero attached hydrogens (tertiary/aromatic N) is 2. The molecule has 0 aromatic carbocycles. The molecule has 0 bridgehead atoms. The van der Waals surface area contributed by atoms with E-state index in [1.807, 2.05) is 6.92 Å². The summed E-state index contributed by atoms with van der Waals surface area (Å²) in [7, 11) is 1.74. The summed E-state index contributed by atoms with van der Waals surface area (Å²) in [5, 5.41) is 17.4. The highest BCUT2D eigenvalue weighted by Crippen LogP contribution is 2.23. The lowest BCUT2D eigenvalue weighted by Crippen LogP contribution is -2.14. The second kappa shape index (κ2) is 5.23. The third-order valence-corrected chi connectivity index (χ3v) is 3.49. The fourth-order valence-corrected chi connectivity index (χ4v) is 2.44. The predicted octanol–water partition coefficient (Wildman–Crippen LogP) is 1.99. The van der Waals surface area contributed by atoms with E-state index in [1.165, 1.54) is 0 Å². The SMILES string of the molecule is CCc1nn(C)cc1C(=O)Nc1ccsc1C(=O)O. The first kappa shape index (κ1) is 13.3. The molecule has 2 aromatic rings. The van der Waals surface area contributed by atoms with E-state index in [2.05, 4.69) is 10.4 Å². The second-order valence-corrected chi connectivity index (χ2v) is 4.86. The zero-order valence-electron chi connectivity index (χ0n) is 10.5. The zero-order valence-corrected chi connectivity index (χ0v) is 11.3. The van der Waals surface area contributed by atoms with E-state index in [0.29, 0.717) is 23.4 Å². The molecular weight excluding hydrogens is 266 g/mol. The fourth-order valence-electron chi connectivity index (χ4n) is 1.75. The Hall–Kier alpha value is -2.15. The maximum atomic E-state index is 12.1. The third-order valence-electron chi connectivity index (χ3n) is 2.59. The van der Waals surface area contributed by atoms with E-state index in [1.54, 1.807) is 29.4 Å². The first-order valence-corrected chi connectivity index (χ1v) is 6.55. The summed E-state index contributed by atoms with van der Waals surface area (Å²) >= 11 is 1.07. The zero-order chi connectivity index (χ0) is 14.0. The van der Waals surface area contributed by atoms with Crippen molar-refractivity contribution < 1.29 is 14.7 Å². The number of aromatic nitrogens is 2. The quantitative estimate of drug-likeness (QED) is 0.896. The van der Waals surface area contributed by atoms with Crippen LogP contribution in [-0.2, 0) is 13.5 Å². The van der Waals surface area contributed by atoms with Gasteiger partial charge >= 0.3 is 5.97 Å². The van der Waals surface area contributed by atoms with Crippen LogP contribution in [0.15, 0.2) is 17.6 Å². The summed E-state index contributed by atoms with van der Waals surface area (Å²) in [5.41, 5.74) is 1.47. The van der Waals surface area contributed by atoms with Gasteiger partial charge in [-0.05, 0) is 17.9 Å². The standard InChI is InChI=1S/C12H13N3O3S/c1-3-8-7(6-15(2)14-8)11(16)13-9-4-5-19-10(9)12(17)18/h4-6H,3H2,1-2H3,(H,13,16)(H,17,18). The minimum absolute atomic E-state index is 0.121. The van der Waals surface area contributed by atoms with Gasteiger partial charge in [-0.2, -0.15) is 5.10 Å². The average molecular weight is 279 g/mol. The van der Waals surface area contributed by atoms with Gasteiger partial charge < -0.3 is 10.4 Å². The number of carbonyl (C=O) groups excluding carboxylic acids is 1. The normalized spacial score (nSPS) is 10.4. The molecule has 0 saturated carbocycles. The smallest absolute Gasteiger partial charge is 0.348 e. The van der Waals surface area contributed by atoms with Gasteiger partial charge in [-0.1, -0.05) is 6.92 Å². The van der Waals surface area contributed by atoms with Gasteiger partial charge in [-0.25, -0.2) is 4.79 Å². The maximum absolute atomic E-state index is 12.1. The largest absolute Gasteiger partial charge is 0.477 e. The molecule has 0 aliphatic heterocycles. The number of carboxylic acid groups (broad SMARTS) is 1. The highest BCUT2D eigenvalue weighted by Gasteiger charge is 2.18. The van der Waals surface area contributed by atoms with E-state index < -0.39 is 5.97 Å². The number of amides is 1. The minimum Gasteiger partial charge on any atom is -0.477 e. The van der Waals surface area contributed by atoms with Crippen LogP contribution in [-0.4, -0.2) is 26.8 Å². The molecule has 7 heteroatoms. The second-order valence-electron chi connectivity index (χ2n) is 3.94. The number of thiophene rings is 1. The Morgan fingerprint density at radius 2 is 2.26 bits per heavy atom. The molecule has 0 spiro atoms. The van der Waals surface area contributed by atoms with Gasteiger partial charge in [0.05, 0.1) is 16.9 Å². The van der Waals surface area contributed by atoms with Crippen molar-refractivity contribution >= 4 is 28.9 Å². The van der Waals surface area contributed by atoms with E-state index in [0.717, 1.165) is 11.3 Å². The van der Waals surface area contributed by atoms with Crippen LogP contribution in [0.4, 0.5) is 5.69 Å². The van der Waals surface area contributed by atoms with E-state index >= 15 is 0 Å². The first-order valence-electron chi connectivity index (χ1n) is 5.67. The van der Waals surface area contributed by atoms with Crippen molar-refractivity contribution in [2.45, 2.75) is 13.3 Å². The number of aromatic carboxylic acids is 1. The van der Waals surface area contributed by atoms with Crippen LogP contribution < -0.4 is 5.32 Å². The van der Waals surface area contributed by atoms with Gasteiger partial charge in [0.25, 0.3) is 5.91 Å². The van der Waals surface area contributed by atoms with E-state index in [-0.39, 0.29) is 10.8 Å². The number of anilines is 1. The number of rotatable bonds is 4. The van der Waals surface area contributed by atoms with Gasteiger partial charge in [0, 0.05) is 13.2 Å². The summed E-state index contributed by atoms with van der Waals surface area (Å²) in [6.07, 6.45) is 2.26. The predicted molar refractivity (Wildman–Crippen MR) is 71.8 cm³/mol. The number of aryl methyl sites for hydroxylation is 2. The molecular formula is C12H13N3O3S. The highest BCUT2D eigenvalue weighted by atomic mass is 32.1. The number of hydrogen-bond donors (Lipinski definition) is 2. The molecule has 1 amide bonds. The molecule has 100 valence electrons. The van der Waals surface area contributed by atoms with Crippen molar-refractivity contribution in [2.75, 3.05) is 5.32 Å². The van der Waals surface area contributed by atoms with Gasteiger partial charge in [0.1, 0.15) is 4.88 Å². The molecule has 2 aromatic heterocycles. The van der Waals surface area contributed by atoms with Crippen molar-refractivity contribution in [1.29, 1.82) is 0 Å². The van der Waals surface area contributed by atoms with Crippen molar-refractivity contribution in [1.82, 2.24) is 9.78 Å². The lowest BCUT2D eigenvalue weighted by Gasteiger charge is -2.03. The Morgan fingerprint density at radius 1 is 1.53 bits per heavy atom. The van der Waals surface area contributed by atoms with E-state index in [9.17, 15) is 9.59 Å². The van der Waals surface area contributed by atoms with Crippen LogP contribution in [0.3, 0.4) is 0 Å². The Bertz CT molecular complexity index is 630. The summed E-state index contributed by atoms with van der Waals surface area (Å²) < 4.78 is 1.57. The Morgan fingerprint density at radius 3 is 2.89 bits per heavy atom. The fraction of sp³-hybridized carbons (Fsp3) is 0.250. The molecule has 0 aliphatic carbocycles. The summed E-state index contributed by atoms with van der Waals surface area (Å²) in [5.74, 6) is -1.39. The van der Waals surface area contributed by atoms with Crippen LogP contribution in [0.25, 0.3) is 0 Å². The molecule has 19 heavy (non-hydrogen) atoms. The summed E-state index contributed by atoms with van der Waals surface area (Å²) in [6.45, 7) is 1.91. The molecule has 2 heterocycles. The van der Waals surface area contributed by atoms with Gasteiger partial charge in [-0.15, -0.1) is 11.3 Å². The molecule has 0 aliphatic rings. The van der Waals surface area contributed by atoms with Crippen molar-refractivity contribution in [3.8, 4) is 0 Å². The van der Waals surface area contributed by atoms with Crippen LogP contribution in [0.5, 0.6) is 0 Å². The molecule has 2 rings (SSSR count). The first-order chi connectivity index (χ1) is 9.02. The lowest BCUT2D eigenvalue weighted by atomic mass is 10.2. The van der Waals surface area contributed by atoms with Gasteiger partial charge in [-0.3, -0.25) is 9.48 Å². The topological polar surface area (TPSA) is 84.2 Å². The summed E-state index contributed by atoms with van der Waals surface area (Å²) in [4.78, 5) is 23.2. The maximum Gasteiger partial charge on any atom is 0.348 e. The monoisotopic (exact) mass is 279 g/mol. The average Bonchev–Trinajstić information content (AvgIpc) is 2.95. The van der Waals surface area contributed by atoms with Crippen LogP contribution in [0.1, 0.15) is 32.6 Å². The number of carboxylic acids is 1. The molecule has 0 atom stereocenters. The third kappa shape index (κ3) is 2.65. The highest BCUT2D eigenvalue weighted by molar-refractivity contribution is 7.12. The molecule has 0 fully saturated rings. The Labute approximate surface area is 113 Å². The lowest BCUT2D eigenvalue weighted by molar-refractivity contribution is 0.0703. The molecule has 0 unspecified atom stereocenters. The molecule has 2 N–H and O–H groups in total. The van der Waals surface area contributed by atoms with Crippen molar-refractivity contribution in [2.24, 2.45) is 7.05 Å². The number of nitrogens with one attached hydrogen (secondary N) is 1. The number of carbonyl (C=O) groups is 2. The Kier molecular flexibility index (Phi) is 3.66.